The summed E-state index contributed by atoms with van der Waals surface area (Å²) in [6.45, 7) is 6.06. The maximum Gasteiger partial charge on any atom is 0.0300 e. The summed E-state index contributed by atoms with van der Waals surface area (Å²) in [5.74, 6) is 0. The van der Waals surface area contributed by atoms with Gasteiger partial charge in [-0.15, -0.1) is 0 Å². The predicted octanol–water partition coefficient (Wildman–Crippen LogP) is 3.90. The Bertz CT molecular complexity index is 418. The molecule has 0 bridgehead atoms. The quantitative estimate of drug-likeness (QED) is 0.757. The van der Waals surface area contributed by atoms with Crippen LogP contribution in [0.1, 0.15) is 26.3 Å². The summed E-state index contributed by atoms with van der Waals surface area (Å²) in [7, 11) is 0. The van der Waals surface area contributed by atoms with Crippen LogP contribution >= 0.6 is 0 Å². The molecular weight excluding hydrogens is 194 g/mol. The van der Waals surface area contributed by atoms with Gasteiger partial charge in [0, 0.05) is 5.70 Å². The topological polar surface area (TPSA) is 26.0 Å². The molecule has 1 aromatic rings. The van der Waals surface area contributed by atoms with E-state index in [0.717, 1.165) is 11.3 Å². The molecule has 1 aromatic carbocycles. The van der Waals surface area contributed by atoms with Crippen LogP contribution in [0.25, 0.3) is 5.57 Å². The van der Waals surface area contributed by atoms with E-state index < -0.39 is 0 Å². The lowest BCUT2D eigenvalue weighted by Gasteiger charge is -2.02. The van der Waals surface area contributed by atoms with E-state index in [0.29, 0.717) is 0 Å². The monoisotopic (exact) mass is 213 g/mol. The first-order valence-electron chi connectivity index (χ1n) is 5.48. The Hall–Kier alpha value is -1.76. The second-order valence-electron chi connectivity index (χ2n) is 3.90. The van der Waals surface area contributed by atoms with Crippen LogP contribution in [0, 0.1) is 0 Å². The molecule has 0 saturated carbocycles. The lowest BCUT2D eigenvalue weighted by atomic mass is 10.0. The average molecular weight is 213 g/mol. The van der Waals surface area contributed by atoms with Gasteiger partial charge >= 0.3 is 0 Å². The van der Waals surface area contributed by atoms with E-state index in [-0.39, 0.29) is 0 Å². The molecule has 0 fully saturated rings. The number of benzene rings is 1. The highest BCUT2D eigenvalue weighted by Crippen LogP contribution is 2.15. The largest absolute Gasteiger partial charge is 0.399 e. The third kappa shape index (κ3) is 3.43. The standard InChI is InChI=1S/C15H19N/c1-4-13(10-11-15(16)12(2)3)14-8-6-5-7-9-14/h4-11H,16H2,1-3H3/b11-10-,13-4+. The summed E-state index contributed by atoms with van der Waals surface area (Å²) in [5, 5.41) is 0. The molecule has 16 heavy (non-hydrogen) atoms. The third-order valence-electron chi connectivity index (χ3n) is 2.44. The minimum atomic E-state index is 0.829. The molecule has 0 radical (unpaired) electrons. The second-order valence-corrected chi connectivity index (χ2v) is 3.90. The fourth-order valence-corrected chi connectivity index (χ4v) is 1.34. The smallest absolute Gasteiger partial charge is 0.0300 e. The van der Waals surface area contributed by atoms with Crippen LogP contribution in [0.3, 0.4) is 0 Å². The summed E-state index contributed by atoms with van der Waals surface area (Å²) >= 11 is 0. The average Bonchev–Trinajstić information content (AvgIpc) is 2.30. The van der Waals surface area contributed by atoms with Crippen molar-refractivity contribution >= 4 is 5.57 Å². The molecule has 0 spiro atoms. The SMILES string of the molecule is C/C=C(\C=C/C(N)=C(C)C)c1ccccc1. The number of nitrogens with two attached hydrogens (primary N) is 1. The first-order chi connectivity index (χ1) is 7.65. The molecule has 2 N–H and O–H groups in total. The maximum absolute atomic E-state index is 5.86. The zero-order valence-electron chi connectivity index (χ0n) is 10.2. The van der Waals surface area contributed by atoms with Gasteiger partial charge in [-0.05, 0) is 38.0 Å². The Morgan fingerprint density at radius 2 is 1.69 bits per heavy atom. The van der Waals surface area contributed by atoms with Gasteiger partial charge in [0.15, 0.2) is 0 Å². The van der Waals surface area contributed by atoms with E-state index in [2.05, 4.69) is 24.3 Å². The fourth-order valence-electron chi connectivity index (χ4n) is 1.34. The van der Waals surface area contributed by atoms with Gasteiger partial charge in [0.2, 0.25) is 0 Å². The van der Waals surface area contributed by atoms with Crippen LogP contribution in [0.5, 0.6) is 0 Å². The Morgan fingerprint density at radius 3 is 2.19 bits per heavy atom. The van der Waals surface area contributed by atoms with Crippen molar-refractivity contribution in [3.63, 3.8) is 0 Å². The van der Waals surface area contributed by atoms with Crippen LogP contribution in [0.2, 0.25) is 0 Å². The fraction of sp³-hybridized carbons (Fsp3) is 0.200. The Labute approximate surface area is 98.0 Å². The molecule has 0 atom stereocenters. The van der Waals surface area contributed by atoms with Crippen molar-refractivity contribution in [3.05, 3.63) is 65.4 Å². The Morgan fingerprint density at radius 1 is 1.06 bits per heavy atom. The molecule has 0 heterocycles. The predicted molar refractivity (Wildman–Crippen MR) is 71.8 cm³/mol. The van der Waals surface area contributed by atoms with Crippen molar-refractivity contribution in [2.45, 2.75) is 20.8 Å². The molecule has 1 nitrogen and oxygen atoms in total. The van der Waals surface area contributed by atoms with Gasteiger partial charge < -0.3 is 5.73 Å². The molecular formula is C15H19N. The van der Waals surface area contributed by atoms with Crippen molar-refractivity contribution in [3.8, 4) is 0 Å². The van der Waals surface area contributed by atoms with E-state index >= 15 is 0 Å². The molecule has 0 aliphatic heterocycles. The molecule has 84 valence electrons. The summed E-state index contributed by atoms with van der Waals surface area (Å²) in [5.41, 5.74) is 10.2. The number of hydrogen-bond donors (Lipinski definition) is 1. The lowest BCUT2D eigenvalue weighted by Crippen LogP contribution is -1.95. The van der Waals surface area contributed by atoms with Crippen molar-refractivity contribution in [2.24, 2.45) is 5.73 Å². The van der Waals surface area contributed by atoms with Gasteiger partial charge in [-0.1, -0.05) is 48.1 Å². The molecule has 1 rings (SSSR count). The minimum Gasteiger partial charge on any atom is -0.399 e. The van der Waals surface area contributed by atoms with Gasteiger partial charge in [0.1, 0.15) is 0 Å². The van der Waals surface area contributed by atoms with Crippen LogP contribution in [0.15, 0.2) is 59.8 Å². The number of allylic oxidation sites excluding steroid dienone is 5. The molecule has 0 aliphatic rings. The maximum atomic E-state index is 5.86. The molecule has 1 heteroatoms. The van der Waals surface area contributed by atoms with Crippen LogP contribution in [-0.2, 0) is 0 Å². The molecule has 0 unspecified atom stereocenters. The van der Waals surface area contributed by atoms with Crippen molar-refractivity contribution < 1.29 is 0 Å². The summed E-state index contributed by atoms with van der Waals surface area (Å²) < 4.78 is 0. The van der Waals surface area contributed by atoms with E-state index in [1.54, 1.807) is 0 Å². The van der Waals surface area contributed by atoms with Gasteiger partial charge in [0.05, 0.1) is 0 Å². The van der Waals surface area contributed by atoms with Crippen LogP contribution in [-0.4, -0.2) is 0 Å². The van der Waals surface area contributed by atoms with E-state index in [4.69, 9.17) is 5.73 Å². The van der Waals surface area contributed by atoms with Gasteiger partial charge in [-0.2, -0.15) is 0 Å². The zero-order valence-corrected chi connectivity index (χ0v) is 10.2. The highest BCUT2D eigenvalue weighted by atomic mass is 14.6. The summed E-state index contributed by atoms with van der Waals surface area (Å²) in [4.78, 5) is 0. The number of hydrogen-bond acceptors (Lipinski definition) is 1. The summed E-state index contributed by atoms with van der Waals surface area (Å²) in [6, 6.07) is 10.3. The zero-order chi connectivity index (χ0) is 12.0. The van der Waals surface area contributed by atoms with Gasteiger partial charge in [0.25, 0.3) is 0 Å². The normalized spacial score (nSPS) is 11.8. The Kier molecular flexibility index (Phi) is 4.59. The highest BCUT2D eigenvalue weighted by molar-refractivity contribution is 5.74. The highest BCUT2D eigenvalue weighted by Gasteiger charge is 1.95. The van der Waals surface area contributed by atoms with Crippen molar-refractivity contribution in [1.82, 2.24) is 0 Å². The van der Waals surface area contributed by atoms with E-state index in [1.807, 2.05) is 45.0 Å². The third-order valence-corrected chi connectivity index (χ3v) is 2.44. The van der Waals surface area contributed by atoms with Gasteiger partial charge in [-0.3, -0.25) is 0 Å². The first-order valence-corrected chi connectivity index (χ1v) is 5.48. The molecule has 0 saturated heterocycles. The number of rotatable bonds is 3. The van der Waals surface area contributed by atoms with E-state index in [9.17, 15) is 0 Å². The Balaban J connectivity index is 2.92. The lowest BCUT2D eigenvalue weighted by molar-refractivity contribution is 1.25. The van der Waals surface area contributed by atoms with Crippen molar-refractivity contribution in [2.75, 3.05) is 0 Å². The summed E-state index contributed by atoms with van der Waals surface area (Å²) in [6.07, 6.45) is 6.10. The second kappa shape index (κ2) is 5.96. The molecule has 0 aromatic heterocycles. The minimum absolute atomic E-state index is 0.829. The van der Waals surface area contributed by atoms with Crippen LogP contribution in [0.4, 0.5) is 0 Å². The van der Waals surface area contributed by atoms with Gasteiger partial charge in [-0.25, -0.2) is 0 Å². The molecule has 0 aliphatic carbocycles. The van der Waals surface area contributed by atoms with Crippen LogP contribution < -0.4 is 5.73 Å². The first kappa shape index (κ1) is 12.3. The van der Waals surface area contributed by atoms with Crippen molar-refractivity contribution in [1.29, 1.82) is 0 Å². The van der Waals surface area contributed by atoms with E-state index in [1.165, 1.54) is 11.1 Å². The molecule has 0 amide bonds.